The summed E-state index contributed by atoms with van der Waals surface area (Å²) in [5, 5.41) is 6.12. The van der Waals surface area contributed by atoms with Crippen molar-refractivity contribution in [3.8, 4) is 17.2 Å². The molecule has 1 aliphatic rings. The number of rotatable bonds is 5. The van der Waals surface area contributed by atoms with Crippen molar-refractivity contribution in [2.45, 2.75) is 26.3 Å². The average Bonchev–Trinajstić information content (AvgIpc) is 3.12. The van der Waals surface area contributed by atoms with Crippen LogP contribution in [0.25, 0.3) is 0 Å². The Bertz CT molecular complexity index is 866. The molecule has 2 aromatic carbocycles. The van der Waals surface area contributed by atoms with Crippen molar-refractivity contribution in [2.24, 2.45) is 5.10 Å². The number of hydrogen-bond donors (Lipinski definition) is 0. The molecule has 0 fully saturated rings. The fourth-order valence-electron chi connectivity index (χ4n) is 3.35. The second kappa shape index (κ2) is 7.70. The maximum Gasteiger partial charge on any atom is 0.240 e. The summed E-state index contributed by atoms with van der Waals surface area (Å²) in [6, 6.07) is 11.6. The summed E-state index contributed by atoms with van der Waals surface area (Å²) in [5.74, 6) is 1.52. The van der Waals surface area contributed by atoms with Crippen molar-refractivity contribution < 1.29 is 19.0 Å². The highest BCUT2D eigenvalue weighted by atomic mass is 16.5. The van der Waals surface area contributed by atoms with E-state index in [-0.39, 0.29) is 11.9 Å². The Kier molecular flexibility index (Phi) is 5.35. The Labute approximate surface area is 159 Å². The topological polar surface area (TPSA) is 60.4 Å². The Morgan fingerprint density at radius 2 is 1.74 bits per heavy atom. The monoisotopic (exact) mass is 368 g/mol. The summed E-state index contributed by atoms with van der Waals surface area (Å²) in [5.41, 5.74) is 3.94. The second-order valence-corrected chi connectivity index (χ2v) is 6.46. The van der Waals surface area contributed by atoms with Crippen LogP contribution in [-0.4, -0.2) is 38.0 Å². The molecule has 0 bridgehead atoms. The number of carbonyl (C=O) groups is 1. The van der Waals surface area contributed by atoms with Crippen LogP contribution in [0.15, 0.2) is 41.5 Å². The quantitative estimate of drug-likeness (QED) is 0.807. The van der Waals surface area contributed by atoms with E-state index in [0.29, 0.717) is 23.7 Å². The predicted molar refractivity (Wildman–Crippen MR) is 104 cm³/mol. The van der Waals surface area contributed by atoms with Gasteiger partial charge in [-0.15, -0.1) is 0 Å². The van der Waals surface area contributed by atoms with Gasteiger partial charge in [0.15, 0.2) is 11.5 Å². The van der Waals surface area contributed by atoms with E-state index >= 15 is 0 Å². The molecule has 0 saturated heterocycles. The van der Waals surface area contributed by atoms with E-state index in [0.717, 1.165) is 22.4 Å². The van der Waals surface area contributed by atoms with Crippen LogP contribution in [0.2, 0.25) is 0 Å². The molecule has 1 aliphatic heterocycles. The van der Waals surface area contributed by atoms with Gasteiger partial charge in [0.2, 0.25) is 11.7 Å². The van der Waals surface area contributed by atoms with Crippen LogP contribution in [0.4, 0.5) is 0 Å². The zero-order valence-corrected chi connectivity index (χ0v) is 16.3. The first-order chi connectivity index (χ1) is 13.0. The molecule has 0 unspecified atom stereocenters. The lowest BCUT2D eigenvalue weighted by Gasteiger charge is -2.22. The molecule has 0 aliphatic carbocycles. The number of hydrogen-bond acceptors (Lipinski definition) is 5. The van der Waals surface area contributed by atoms with Crippen LogP contribution in [-0.2, 0) is 4.79 Å². The van der Waals surface area contributed by atoms with Gasteiger partial charge < -0.3 is 14.2 Å². The van der Waals surface area contributed by atoms with Crippen molar-refractivity contribution in [1.29, 1.82) is 0 Å². The number of nitrogens with zero attached hydrogens (tertiary/aromatic N) is 2. The van der Waals surface area contributed by atoms with Crippen LogP contribution < -0.4 is 14.2 Å². The third-order valence-electron chi connectivity index (χ3n) is 4.66. The molecular weight excluding hydrogens is 344 g/mol. The summed E-state index contributed by atoms with van der Waals surface area (Å²) in [6.07, 6.45) is 0.613. The Hall–Kier alpha value is -3.02. The maximum atomic E-state index is 12.2. The largest absolute Gasteiger partial charge is 0.493 e. The summed E-state index contributed by atoms with van der Waals surface area (Å²) in [7, 11) is 4.72. The van der Waals surface area contributed by atoms with Crippen LogP contribution in [0.1, 0.15) is 36.1 Å². The van der Waals surface area contributed by atoms with Crippen molar-refractivity contribution in [1.82, 2.24) is 5.01 Å². The number of hydrazone groups is 1. The van der Waals surface area contributed by atoms with Gasteiger partial charge in [-0.25, -0.2) is 5.01 Å². The van der Waals surface area contributed by atoms with Gasteiger partial charge in [0.05, 0.1) is 33.1 Å². The molecule has 6 heteroatoms. The van der Waals surface area contributed by atoms with Crippen LogP contribution in [0.5, 0.6) is 17.2 Å². The summed E-state index contributed by atoms with van der Waals surface area (Å²) >= 11 is 0. The Morgan fingerprint density at radius 1 is 1.07 bits per heavy atom. The van der Waals surface area contributed by atoms with E-state index in [1.165, 1.54) is 11.9 Å². The predicted octanol–water partition coefficient (Wildman–Crippen LogP) is 3.72. The lowest BCUT2D eigenvalue weighted by atomic mass is 9.97. The van der Waals surface area contributed by atoms with Crippen LogP contribution in [0.3, 0.4) is 0 Å². The third-order valence-corrected chi connectivity index (χ3v) is 4.66. The number of aryl methyl sites for hydroxylation is 1. The number of amides is 1. The Morgan fingerprint density at radius 3 is 2.26 bits per heavy atom. The SMILES string of the molecule is COc1cc([C@@H]2CC(c3cccc(C)c3)=NN2C(C)=O)cc(OC)c1OC. The van der Waals surface area contributed by atoms with E-state index < -0.39 is 0 Å². The number of carbonyl (C=O) groups excluding carboxylic acids is 1. The molecule has 27 heavy (non-hydrogen) atoms. The molecule has 1 heterocycles. The highest BCUT2D eigenvalue weighted by Gasteiger charge is 2.33. The van der Waals surface area contributed by atoms with Crippen molar-refractivity contribution >= 4 is 11.6 Å². The highest BCUT2D eigenvalue weighted by Crippen LogP contribution is 2.43. The summed E-state index contributed by atoms with van der Waals surface area (Å²) in [6.45, 7) is 3.56. The molecular formula is C21H24N2O4. The van der Waals surface area contributed by atoms with Gasteiger partial charge in [-0.05, 0) is 30.2 Å². The lowest BCUT2D eigenvalue weighted by Crippen LogP contribution is -2.24. The molecule has 0 radical (unpaired) electrons. The zero-order valence-electron chi connectivity index (χ0n) is 16.3. The highest BCUT2D eigenvalue weighted by molar-refractivity contribution is 6.03. The average molecular weight is 368 g/mol. The van der Waals surface area contributed by atoms with Gasteiger partial charge >= 0.3 is 0 Å². The van der Waals surface area contributed by atoms with Gasteiger partial charge in [-0.1, -0.05) is 29.8 Å². The summed E-state index contributed by atoms with van der Waals surface area (Å²) < 4.78 is 16.3. The molecule has 1 atom stereocenters. The molecule has 142 valence electrons. The fourth-order valence-corrected chi connectivity index (χ4v) is 3.35. The first kappa shape index (κ1) is 18.8. The fraction of sp³-hybridized carbons (Fsp3) is 0.333. The van der Waals surface area contributed by atoms with E-state index in [1.54, 1.807) is 21.3 Å². The normalized spacial score (nSPS) is 16.1. The standard InChI is InChI=1S/C21H24N2O4/c1-13-7-6-8-15(9-13)17-12-18(23(22-17)14(2)24)16-10-19(25-3)21(27-5)20(11-16)26-4/h6-11,18H,12H2,1-5H3/t18-/m0/s1. The van der Waals surface area contributed by atoms with Gasteiger partial charge in [-0.2, -0.15) is 5.10 Å². The number of ether oxygens (including phenoxy) is 3. The zero-order chi connectivity index (χ0) is 19.6. The smallest absolute Gasteiger partial charge is 0.240 e. The van der Waals surface area contributed by atoms with E-state index in [1.807, 2.05) is 37.3 Å². The summed E-state index contributed by atoms with van der Waals surface area (Å²) in [4.78, 5) is 12.2. The van der Waals surface area contributed by atoms with Crippen LogP contribution >= 0.6 is 0 Å². The van der Waals surface area contributed by atoms with Gasteiger partial charge in [0, 0.05) is 13.3 Å². The van der Waals surface area contributed by atoms with E-state index in [4.69, 9.17) is 14.2 Å². The number of benzene rings is 2. The molecule has 6 nitrogen and oxygen atoms in total. The minimum atomic E-state index is -0.230. The van der Waals surface area contributed by atoms with Gasteiger partial charge in [-0.3, -0.25) is 4.79 Å². The Balaban J connectivity index is 2.03. The molecule has 0 N–H and O–H groups in total. The minimum absolute atomic E-state index is 0.114. The van der Waals surface area contributed by atoms with E-state index in [2.05, 4.69) is 11.2 Å². The van der Waals surface area contributed by atoms with Crippen molar-refractivity contribution in [3.05, 3.63) is 53.1 Å². The molecule has 0 saturated carbocycles. The molecule has 1 amide bonds. The van der Waals surface area contributed by atoms with Crippen LogP contribution in [0, 0.1) is 6.92 Å². The first-order valence-electron chi connectivity index (χ1n) is 8.72. The minimum Gasteiger partial charge on any atom is -0.493 e. The lowest BCUT2D eigenvalue weighted by molar-refractivity contribution is -0.130. The molecule has 0 spiro atoms. The first-order valence-corrected chi connectivity index (χ1v) is 8.72. The second-order valence-electron chi connectivity index (χ2n) is 6.46. The van der Waals surface area contributed by atoms with Crippen molar-refractivity contribution in [3.63, 3.8) is 0 Å². The van der Waals surface area contributed by atoms with Crippen molar-refractivity contribution in [2.75, 3.05) is 21.3 Å². The van der Waals surface area contributed by atoms with E-state index in [9.17, 15) is 4.79 Å². The van der Waals surface area contributed by atoms with Gasteiger partial charge in [0.1, 0.15) is 0 Å². The number of methoxy groups -OCH3 is 3. The third kappa shape index (κ3) is 3.60. The molecule has 2 aromatic rings. The van der Waals surface area contributed by atoms with Gasteiger partial charge in [0.25, 0.3) is 0 Å². The molecule has 3 rings (SSSR count). The molecule has 0 aromatic heterocycles. The maximum absolute atomic E-state index is 12.2.